The Morgan fingerprint density at radius 3 is 1.57 bits per heavy atom. The van der Waals surface area contributed by atoms with Gasteiger partial charge in [0.05, 0.1) is 6.61 Å². The zero-order valence-electron chi connectivity index (χ0n) is 33.9. The molecule has 324 valence electrons. The minimum absolute atomic E-state index is 0.0808. The highest BCUT2D eigenvalue weighted by Gasteiger charge is 2.51. The maximum Gasteiger partial charge on any atom is 0.472 e. The van der Waals surface area contributed by atoms with Crippen LogP contribution in [-0.2, 0) is 32.7 Å². The van der Waals surface area contributed by atoms with Gasteiger partial charge in [-0.3, -0.25) is 18.6 Å². The van der Waals surface area contributed by atoms with E-state index in [1.54, 1.807) is 0 Å². The monoisotopic (exact) mass is 816 g/mol. The number of hydrogen-bond acceptors (Lipinski definition) is 12. The van der Waals surface area contributed by atoms with E-state index in [0.717, 1.165) is 89.9 Å². The van der Waals surface area contributed by atoms with Crippen LogP contribution < -0.4 is 0 Å². The van der Waals surface area contributed by atoms with Crippen LogP contribution in [0.4, 0.5) is 0 Å². The summed E-state index contributed by atoms with van der Waals surface area (Å²) in [5.74, 6) is -1.13. The van der Waals surface area contributed by atoms with E-state index in [2.05, 4.69) is 62.5 Å². The first-order valence-corrected chi connectivity index (χ1v) is 22.4. The molecule has 0 spiro atoms. The molecular weight excluding hydrogens is 743 g/mol. The van der Waals surface area contributed by atoms with Gasteiger partial charge in [-0.1, -0.05) is 114 Å². The Bertz CT molecular complexity index is 1170. The van der Waals surface area contributed by atoms with Crippen molar-refractivity contribution in [2.45, 2.75) is 191 Å². The molecule has 0 radical (unpaired) electrons. The van der Waals surface area contributed by atoms with E-state index < -0.39 is 75.7 Å². The van der Waals surface area contributed by atoms with Crippen LogP contribution in [0, 0.1) is 0 Å². The standard InChI is InChI=1S/C42H73O13P/c1-3-5-7-9-11-13-15-17-18-19-21-22-24-26-28-30-35(43)52-32-34(54-36(44)31-29-27-25-23-20-16-14-12-10-8-6-4-2)33-53-56(50,51)55-42-40(48)38(46)37(45)39(47)41(42)49/h5,7,11-14,17-18,34,37-42,45-49H,3-4,6,8-10,15-16,19-33H2,1-2H3,(H,50,51)/b7-5+,13-11+,14-12+,18-17+/t34-,37?,38-,39?,40?,41?,42?/m0/s1. The molecule has 0 amide bonds. The first-order chi connectivity index (χ1) is 26.9. The van der Waals surface area contributed by atoms with Crippen molar-refractivity contribution in [3.63, 3.8) is 0 Å². The van der Waals surface area contributed by atoms with Gasteiger partial charge in [0.25, 0.3) is 0 Å². The van der Waals surface area contributed by atoms with Crippen LogP contribution in [0.5, 0.6) is 0 Å². The average Bonchev–Trinajstić information content (AvgIpc) is 3.18. The van der Waals surface area contributed by atoms with Gasteiger partial charge in [0, 0.05) is 12.8 Å². The van der Waals surface area contributed by atoms with E-state index in [9.17, 15) is 44.6 Å². The predicted octanol–water partition coefficient (Wildman–Crippen LogP) is 7.22. The molecule has 1 saturated carbocycles. The molecule has 0 heterocycles. The number of aliphatic hydroxyl groups is 5. The van der Waals surface area contributed by atoms with Crippen LogP contribution in [0.3, 0.4) is 0 Å². The summed E-state index contributed by atoms with van der Waals surface area (Å²) in [6.07, 6.45) is 23.2. The second-order valence-corrected chi connectivity index (χ2v) is 15.9. The highest BCUT2D eigenvalue weighted by Crippen LogP contribution is 2.47. The Morgan fingerprint density at radius 2 is 1.02 bits per heavy atom. The highest BCUT2D eigenvalue weighted by atomic mass is 31.2. The molecule has 56 heavy (non-hydrogen) atoms. The van der Waals surface area contributed by atoms with Crippen LogP contribution >= 0.6 is 7.82 Å². The summed E-state index contributed by atoms with van der Waals surface area (Å²) >= 11 is 0. The molecule has 1 fully saturated rings. The predicted molar refractivity (Wildman–Crippen MR) is 216 cm³/mol. The summed E-state index contributed by atoms with van der Waals surface area (Å²) in [5.41, 5.74) is 0. The lowest BCUT2D eigenvalue weighted by atomic mass is 9.85. The molecule has 0 bridgehead atoms. The highest BCUT2D eigenvalue weighted by molar-refractivity contribution is 7.47. The minimum Gasteiger partial charge on any atom is -0.462 e. The van der Waals surface area contributed by atoms with E-state index >= 15 is 0 Å². The average molecular weight is 817 g/mol. The number of ether oxygens (including phenoxy) is 2. The molecule has 8 atom stereocenters. The number of phosphoric ester groups is 1. The maximum atomic E-state index is 12.8. The first kappa shape index (κ1) is 51.8. The molecule has 1 aliphatic carbocycles. The molecule has 6 unspecified atom stereocenters. The third kappa shape index (κ3) is 25.2. The van der Waals surface area contributed by atoms with Crippen LogP contribution in [0.1, 0.15) is 149 Å². The zero-order valence-corrected chi connectivity index (χ0v) is 34.8. The third-order valence-electron chi connectivity index (χ3n) is 9.40. The van der Waals surface area contributed by atoms with Gasteiger partial charge in [-0.25, -0.2) is 4.57 Å². The molecule has 6 N–H and O–H groups in total. The van der Waals surface area contributed by atoms with Crippen molar-refractivity contribution in [2.75, 3.05) is 13.2 Å². The molecule has 0 aromatic carbocycles. The van der Waals surface area contributed by atoms with Crippen LogP contribution in [0.15, 0.2) is 48.6 Å². The van der Waals surface area contributed by atoms with Gasteiger partial charge >= 0.3 is 19.8 Å². The van der Waals surface area contributed by atoms with E-state index in [1.165, 1.54) is 19.3 Å². The van der Waals surface area contributed by atoms with Crippen LogP contribution in [0.25, 0.3) is 0 Å². The van der Waals surface area contributed by atoms with Gasteiger partial charge < -0.3 is 39.9 Å². The minimum atomic E-state index is -5.12. The molecule has 1 rings (SSSR count). The van der Waals surface area contributed by atoms with Gasteiger partial charge in [-0.15, -0.1) is 0 Å². The van der Waals surface area contributed by atoms with E-state index in [4.69, 9.17) is 18.5 Å². The fourth-order valence-electron chi connectivity index (χ4n) is 6.00. The lowest BCUT2D eigenvalue weighted by Gasteiger charge is -2.41. The van der Waals surface area contributed by atoms with Crippen molar-refractivity contribution in [1.29, 1.82) is 0 Å². The number of aliphatic hydroxyl groups excluding tert-OH is 5. The Labute approximate surface area is 335 Å². The number of rotatable bonds is 33. The van der Waals surface area contributed by atoms with Gasteiger partial charge in [0.1, 0.15) is 43.2 Å². The topological polar surface area (TPSA) is 210 Å². The second-order valence-electron chi connectivity index (χ2n) is 14.5. The summed E-state index contributed by atoms with van der Waals surface area (Å²) in [6, 6.07) is 0. The number of allylic oxidation sites excluding steroid dienone is 8. The Kier molecular flexibility index (Phi) is 30.3. The molecule has 1 aliphatic rings. The second kappa shape index (κ2) is 32.7. The normalized spacial score (nSPS) is 23.4. The van der Waals surface area contributed by atoms with Crippen molar-refractivity contribution in [2.24, 2.45) is 0 Å². The molecule has 0 saturated heterocycles. The number of hydrogen-bond donors (Lipinski definition) is 6. The van der Waals surface area contributed by atoms with Crippen molar-refractivity contribution in [3.05, 3.63) is 48.6 Å². The van der Waals surface area contributed by atoms with E-state index in [1.807, 2.05) is 0 Å². The molecule has 14 heteroatoms. The summed E-state index contributed by atoms with van der Waals surface area (Å²) in [7, 11) is -5.12. The van der Waals surface area contributed by atoms with Gasteiger partial charge in [-0.05, 0) is 70.6 Å². The van der Waals surface area contributed by atoms with Crippen LogP contribution in [0.2, 0.25) is 0 Å². The molecule has 0 aromatic rings. The van der Waals surface area contributed by atoms with Crippen LogP contribution in [-0.4, -0.2) is 98.3 Å². The molecule has 0 aliphatic heterocycles. The number of phosphoric acid groups is 1. The lowest BCUT2D eigenvalue weighted by molar-refractivity contribution is -0.220. The summed E-state index contributed by atoms with van der Waals surface area (Å²) in [5, 5.41) is 50.0. The molecular formula is C42H73O13P. The summed E-state index contributed by atoms with van der Waals surface area (Å²) in [4.78, 5) is 35.5. The zero-order chi connectivity index (χ0) is 41.4. The SMILES string of the molecule is CC/C=C/C/C=C/C/C=C/CCCCCCCC(=O)OC[C@@H](COP(=O)(O)OC1C(O)C(O)C(O)[C@H](O)C1O)OC(=O)CCCCCCC/C=C/CCCCC. The van der Waals surface area contributed by atoms with Crippen molar-refractivity contribution < 1.29 is 63.1 Å². The first-order valence-electron chi connectivity index (χ1n) is 20.9. The fraction of sp³-hybridized carbons (Fsp3) is 0.762. The summed E-state index contributed by atoms with van der Waals surface area (Å²) in [6.45, 7) is 3.11. The molecule has 13 nitrogen and oxygen atoms in total. The smallest absolute Gasteiger partial charge is 0.462 e. The molecule has 0 aromatic heterocycles. The fourth-order valence-corrected chi connectivity index (χ4v) is 6.97. The van der Waals surface area contributed by atoms with Crippen molar-refractivity contribution in [3.8, 4) is 0 Å². The van der Waals surface area contributed by atoms with Crippen molar-refractivity contribution in [1.82, 2.24) is 0 Å². The Balaban J connectivity index is 2.52. The van der Waals surface area contributed by atoms with E-state index in [-0.39, 0.29) is 12.8 Å². The van der Waals surface area contributed by atoms with Gasteiger partial charge in [0.2, 0.25) is 0 Å². The number of carbonyl (C=O) groups is 2. The van der Waals surface area contributed by atoms with E-state index in [0.29, 0.717) is 12.8 Å². The Morgan fingerprint density at radius 1 is 0.571 bits per heavy atom. The largest absolute Gasteiger partial charge is 0.472 e. The number of carbonyl (C=O) groups excluding carboxylic acids is 2. The van der Waals surface area contributed by atoms with Crippen molar-refractivity contribution >= 4 is 19.8 Å². The maximum absolute atomic E-state index is 12.8. The van der Waals surface area contributed by atoms with Gasteiger partial charge in [0.15, 0.2) is 6.10 Å². The van der Waals surface area contributed by atoms with Gasteiger partial charge in [-0.2, -0.15) is 0 Å². The summed E-state index contributed by atoms with van der Waals surface area (Å²) < 4.78 is 33.4. The number of esters is 2. The quantitative estimate of drug-likeness (QED) is 0.0168. The number of unbranched alkanes of at least 4 members (excludes halogenated alkanes) is 13. The Hall–Kier alpha value is -2.19. The third-order valence-corrected chi connectivity index (χ3v) is 10.4. The lowest BCUT2D eigenvalue weighted by Crippen LogP contribution is -2.64.